The summed E-state index contributed by atoms with van der Waals surface area (Å²) in [5.41, 5.74) is 0.825. The highest BCUT2D eigenvalue weighted by atomic mass is 19.1. The standard InChI is InChI=1S/C12H14FN5O/c1-8-11(19)18(14)12(17-16-8)15-7-6-9-2-4-10(13)5-3-9/h2-5H,6-7,14H2,1H3,(H,15,17). The molecule has 7 heteroatoms. The van der Waals surface area contributed by atoms with Gasteiger partial charge in [-0.25, -0.2) is 4.39 Å². The van der Waals surface area contributed by atoms with Gasteiger partial charge in [0.1, 0.15) is 11.5 Å². The molecule has 0 aliphatic rings. The van der Waals surface area contributed by atoms with Crippen LogP contribution in [0.4, 0.5) is 10.3 Å². The fourth-order valence-electron chi connectivity index (χ4n) is 1.57. The normalized spacial score (nSPS) is 10.4. The molecule has 2 aromatic rings. The van der Waals surface area contributed by atoms with Crippen LogP contribution in [0.3, 0.4) is 0 Å². The number of benzene rings is 1. The van der Waals surface area contributed by atoms with Crippen molar-refractivity contribution >= 4 is 5.95 Å². The monoisotopic (exact) mass is 263 g/mol. The highest BCUT2D eigenvalue weighted by molar-refractivity contribution is 5.25. The van der Waals surface area contributed by atoms with Crippen molar-refractivity contribution in [3.63, 3.8) is 0 Å². The molecule has 100 valence electrons. The molecule has 0 spiro atoms. The first-order valence-electron chi connectivity index (χ1n) is 5.77. The summed E-state index contributed by atoms with van der Waals surface area (Å²) in [5, 5.41) is 10.4. The number of halogens is 1. The van der Waals surface area contributed by atoms with Gasteiger partial charge in [-0.05, 0) is 31.0 Å². The number of rotatable bonds is 4. The zero-order valence-corrected chi connectivity index (χ0v) is 10.4. The third-order valence-electron chi connectivity index (χ3n) is 2.66. The third kappa shape index (κ3) is 3.06. The van der Waals surface area contributed by atoms with Crippen molar-refractivity contribution in [1.29, 1.82) is 0 Å². The first-order chi connectivity index (χ1) is 9.08. The van der Waals surface area contributed by atoms with Gasteiger partial charge in [0.25, 0.3) is 5.56 Å². The van der Waals surface area contributed by atoms with Crippen molar-refractivity contribution < 1.29 is 4.39 Å². The Morgan fingerprint density at radius 2 is 2.00 bits per heavy atom. The van der Waals surface area contributed by atoms with E-state index >= 15 is 0 Å². The Morgan fingerprint density at radius 1 is 1.32 bits per heavy atom. The highest BCUT2D eigenvalue weighted by Crippen LogP contribution is 2.04. The van der Waals surface area contributed by atoms with Gasteiger partial charge < -0.3 is 11.2 Å². The molecular formula is C12H14FN5O. The largest absolute Gasteiger partial charge is 0.353 e. The smallest absolute Gasteiger partial charge is 0.295 e. The third-order valence-corrected chi connectivity index (χ3v) is 2.66. The number of nitrogens with one attached hydrogen (secondary N) is 1. The van der Waals surface area contributed by atoms with Crippen LogP contribution >= 0.6 is 0 Å². The van der Waals surface area contributed by atoms with E-state index < -0.39 is 0 Å². The second-order valence-electron chi connectivity index (χ2n) is 4.09. The first-order valence-corrected chi connectivity index (χ1v) is 5.77. The number of hydrogen-bond donors (Lipinski definition) is 2. The molecule has 0 saturated carbocycles. The van der Waals surface area contributed by atoms with Gasteiger partial charge in [-0.1, -0.05) is 12.1 Å². The van der Waals surface area contributed by atoms with Crippen molar-refractivity contribution in [2.45, 2.75) is 13.3 Å². The van der Waals surface area contributed by atoms with Crippen molar-refractivity contribution in [3.05, 3.63) is 51.7 Å². The maximum atomic E-state index is 12.7. The highest BCUT2D eigenvalue weighted by Gasteiger charge is 2.05. The summed E-state index contributed by atoms with van der Waals surface area (Å²) < 4.78 is 13.6. The summed E-state index contributed by atoms with van der Waals surface area (Å²) in [6, 6.07) is 6.21. The number of nitrogens with two attached hydrogens (primary N) is 1. The molecule has 0 bridgehead atoms. The minimum atomic E-state index is -0.390. The van der Waals surface area contributed by atoms with Gasteiger partial charge >= 0.3 is 0 Å². The number of anilines is 1. The van der Waals surface area contributed by atoms with Crippen LogP contribution in [0.5, 0.6) is 0 Å². The fourth-order valence-corrected chi connectivity index (χ4v) is 1.57. The summed E-state index contributed by atoms with van der Waals surface area (Å²) in [6.45, 7) is 2.06. The molecule has 0 aliphatic heterocycles. The summed E-state index contributed by atoms with van der Waals surface area (Å²) >= 11 is 0. The molecule has 0 unspecified atom stereocenters. The second-order valence-corrected chi connectivity index (χ2v) is 4.09. The lowest BCUT2D eigenvalue weighted by molar-refractivity contribution is 0.627. The number of aryl methyl sites for hydroxylation is 1. The fraction of sp³-hybridized carbons (Fsp3) is 0.250. The Labute approximate surface area is 109 Å². The van der Waals surface area contributed by atoms with Crippen LogP contribution in [-0.4, -0.2) is 21.4 Å². The van der Waals surface area contributed by atoms with Crippen LogP contribution in [0, 0.1) is 12.7 Å². The molecule has 2 rings (SSSR count). The molecule has 3 N–H and O–H groups in total. The summed E-state index contributed by atoms with van der Waals surface area (Å²) in [4.78, 5) is 11.5. The second kappa shape index (κ2) is 5.47. The Hall–Kier alpha value is -2.44. The van der Waals surface area contributed by atoms with Crippen molar-refractivity contribution in [3.8, 4) is 0 Å². The maximum absolute atomic E-state index is 12.7. The minimum Gasteiger partial charge on any atom is -0.353 e. The molecule has 1 aromatic heterocycles. The lowest BCUT2D eigenvalue weighted by Crippen LogP contribution is -2.33. The quantitative estimate of drug-likeness (QED) is 0.782. The van der Waals surface area contributed by atoms with Gasteiger partial charge in [-0.2, -0.15) is 4.68 Å². The molecule has 0 fully saturated rings. The van der Waals surface area contributed by atoms with Crippen LogP contribution in [0.1, 0.15) is 11.3 Å². The van der Waals surface area contributed by atoms with Crippen molar-refractivity contribution in [2.24, 2.45) is 0 Å². The van der Waals surface area contributed by atoms with Gasteiger partial charge in [0, 0.05) is 6.54 Å². The molecule has 0 atom stereocenters. The zero-order chi connectivity index (χ0) is 13.8. The Bertz CT molecular complexity index is 623. The van der Waals surface area contributed by atoms with Crippen LogP contribution in [-0.2, 0) is 6.42 Å². The van der Waals surface area contributed by atoms with Gasteiger partial charge in [-0.3, -0.25) is 4.79 Å². The Kier molecular flexibility index (Phi) is 3.74. The molecule has 0 radical (unpaired) electrons. The van der Waals surface area contributed by atoms with Crippen molar-refractivity contribution in [2.75, 3.05) is 17.7 Å². The lowest BCUT2D eigenvalue weighted by Gasteiger charge is -2.08. The van der Waals surface area contributed by atoms with Crippen molar-refractivity contribution in [1.82, 2.24) is 14.9 Å². The van der Waals surface area contributed by atoms with Crippen LogP contribution in [0.25, 0.3) is 0 Å². The van der Waals surface area contributed by atoms with E-state index in [1.807, 2.05) is 0 Å². The lowest BCUT2D eigenvalue weighted by atomic mass is 10.1. The average Bonchev–Trinajstić information content (AvgIpc) is 2.41. The number of aromatic nitrogens is 3. The SMILES string of the molecule is Cc1nnc(NCCc2ccc(F)cc2)n(N)c1=O. The van der Waals surface area contributed by atoms with E-state index in [1.54, 1.807) is 19.1 Å². The van der Waals surface area contributed by atoms with E-state index in [4.69, 9.17) is 5.84 Å². The molecule has 6 nitrogen and oxygen atoms in total. The van der Waals surface area contributed by atoms with E-state index in [0.717, 1.165) is 10.2 Å². The van der Waals surface area contributed by atoms with Gasteiger partial charge in [0.15, 0.2) is 0 Å². The van der Waals surface area contributed by atoms with E-state index in [2.05, 4.69) is 15.5 Å². The first kappa shape index (κ1) is 13.0. The average molecular weight is 263 g/mol. The number of hydrogen-bond acceptors (Lipinski definition) is 5. The van der Waals surface area contributed by atoms with E-state index in [-0.39, 0.29) is 23.0 Å². The molecule has 0 saturated heterocycles. The minimum absolute atomic E-state index is 0.206. The van der Waals surface area contributed by atoms with E-state index in [9.17, 15) is 9.18 Å². The molecular weight excluding hydrogens is 249 g/mol. The number of nitrogens with zero attached hydrogens (tertiary/aromatic N) is 3. The Balaban J connectivity index is 1.98. The zero-order valence-electron chi connectivity index (χ0n) is 10.4. The van der Waals surface area contributed by atoms with E-state index in [1.165, 1.54) is 12.1 Å². The predicted molar refractivity (Wildman–Crippen MR) is 69.8 cm³/mol. The summed E-state index contributed by atoms with van der Waals surface area (Å²) in [7, 11) is 0. The molecule has 1 aromatic carbocycles. The topological polar surface area (TPSA) is 85.8 Å². The van der Waals surface area contributed by atoms with Gasteiger partial charge in [0.05, 0.1) is 0 Å². The van der Waals surface area contributed by atoms with Gasteiger partial charge in [-0.15, -0.1) is 10.2 Å². The summed E-state index contributed by atoms with van der Waals surface area (Å²) in [6.07, 6.45) is 0.657. The maximum Gasteiger partial charge on any atom is 0.295 e. The van der Waals surface area contributed by atoms with Crippen LogP contribution in [0.2, 0.25) is 0 Å². The molecule has 0 aliphatic carbocycles. The van der Waals surface area contributed by atoms with Crippen LogP contribution < -0.4 is 16.7 Å². The predicted octanol–water partition coefficient (Wildman–Crippen LogP) is 0.454. The summed E-state index contributed by atoms with van der Waals surface area (Å²) in [5.74, 6) is 5.51. The molecule has 19 heavy (non-hydrogen) atoms. The number of nitrogen functional groups attached to an aromatic ring is 1. The van der Waals surface area contributed by atoms with Crippen LogP contribution in [0.15, 0.2) is 29.1 Å². The van der Waals surface area contributed by atoms with Gasteiger partial charge in [0.2, 0.25) is 5.95 Å². The Morgan fingerprint density at radius 3 is 2.68 bits per heavy atom. The molecule has 1 heterocycles. The molecule has 0 amide bonds. The van der Waals surface area contributed by atoms with E-state index in [0.29, 0.717) is 13.0 Å².